The molecule has 138 valence electrons. The van der Waals surface area contributed by atoms with Crippen molar-refractivity contribution in [3.8, 4) is 0 Å². The van der Waals surface area contributed by atoms with Crippen LogP contribution in [0.3, 0.4) is 0 Å². The highest BCUT2D eigenvalue weighted by Crippen LogP contribution is 2.24. The molecule has 7 nitrogen and oxygen atoms in total. The van der Waals surface area contributed by atoms with Crippen LogP contribution in [0.25, 0.3) is 0 Å². The van der Waals surface area contributed by atoms with Crippen LogP contribution in [0.2, 0.25) is 10.0 Å². The van der Waals surface area contributed by atoms with E-state index in [-0.39, 0.29) is 13.0 Å². The van der Waals surface area contributed by atoms with E-state index in [1.807, 2.05) is 30.3 Å². The Labute approximate surface area is 160 Å². The van der Waals surface area contributed by atoms with Gasteiger partial charge in [0.2, 0.25) is 5.91 Å². The summed E-state index contributed by atoms with van der Waals surface area (Å²) >= 11 is 11.7. The summed E-state index contributed by atoms with van der Waals surface area (Å²) in [6.45, 7) is 0.246. The summed E-state index contributed by atoms with van der Waals surface area (Å²) in [6, 6.07) is 14.4. The van der Waals surface area contributed by atoms with Crippen LogP contribution in [0.15, 0.2) is 48.5 Å². The number of halogens is 2. The Morgan fingerprint density at radius 2 is 1.58 bits per heavy atom. The fourth-order valence-electron chi connectivity index (χ4n) is 1.78. The Bertz CT molecular complexity index is 750. The number of ether oxygens (including phenoxy) is 1. The van der Waals surface area contributed by atoms with Crippen molar-refractivity contribution in [1.82, 2.24) is 5.32 Å². The fraction of sp³-hybridized carbons (Fsp3) is 0.118. The maximum absolute atomic E-state index is 11.3. The Morgan fingerprint density at radius 3 is 2.08 bits per heavy atom. The third-order valence-electron chi connectivity index (χ3n) is 2.90. The molecule has 0 aliphatic carbocycles. The van der Waals surface area contributed by atoms with Gasteiger partial charge < -0.3 is 16.2 Å². The quantitative estimate of drug-likeness (QED) is 0.467. The number of hydrogen-bond donors (Lipinski definition) is 4. The van der Waals surface area contributed by atoms with E-state index in [1.165, 1.54) is 0 Å². The molecule has 0 heterocycles. The van der Waals surface area contributed by atoms with Crippen LogP contribution in [0, 0.1) is 5.41 Å². The number of hydrogen-bond acceptors (Lipinski definition) is 4. The zero-order chi connectivity index (χ0) is 19.5. The molecule has 2 amide bonds. The molecule has 0 saturated heterocycles. The minimum Gasteiger partial charge on any atom is -0.445 e. The summed E-state index contributed by atoms with van der Waals surface area (Å²) in [5, 5.41) is 9.86. The number of primary amides is 1. The highest BCUT2D eigenvalue weighted by atomic mass is 35.5. The van der Waals surface area contributed by atoms with Crippen molar-refractivity contribution in [1.29, 1.82) is 5.41 Å². The fourth-order valence-corrected chi connectivity index (χ4v) is 2.32. The van der Waals surface area contributed by atoms with Gasteiger partial charge in [-0.3, -0.25) is 15.5 Å². The Kier molecular flexibility index (Phi) is 8.97. The lowest BCUT2D eigenvalue weighted by Crippen LogP contribution is -2.36. The summed E-state index contributed by atoms with van der Waals surface area (Å²) in [7, 11) is 0. The molecule has 0 aliphatic heterocycles. The molecule has 0 bridgehead atoms. The lowest BCUT2D eigenvalue weighted by molar-refractivity contribution is -0.119. The zero-order valence-corrected chi connectivity index (χ0v) is 15.2. The maximum atomic E-state index is 11.3. The van der Waals surface area contributed by atoms with Gasteiger partial charge in [0.1, 0.15) is 6.61 Å². The second-order valence-corrected chi connectivity index (χ2v) is 5.75. The molecular weight excluding hydrogens is 379 g/mol. The van der Waals surface area contributed by atoms with Crippen LogP contribution >= 0.6 is 23.2 Å². The van der Waals surface area contributed by atoms with Crippen LogP contribution in [-0.4, -0.2) is 18.0 Å². The Hall–Kier alpha value is -2.77. The average molecular weight is 397 g/mol. The van der Waals surface area contributed by atoms with Crippen LogP contribution in [0.1, 0.15) is 11.1 Å². The SMILES string of the molecule is N=C(N)NC(=O)Cc1c(Cl)cccc1Cl.NC(=O)OCc1ccccc1. The van der Waals surface area contributed by atoms with Gasteiger partial charge in [-0.05, 0) is 23.3 Å². The molecule has 0 saturated carbocycles. The summed E-state index contributed by atoms with van der Waals surface area (Å²) in [6.07, 6.45) is -0.744. The monoisotopic (exact) mass is 396 g/mol. The highest BCUT2D eigenvalue weighted by molar-refractivity contribution is 6.36. The van der Waals surface area contributed by atoms with Crippen LogP contribution in [-0.2, 0) is 22.6 Å². The van der Waals surface area contributed by atoms with Crippen LogP contribution in [0.4, 0.5) is 4.79 Å². The number of rotatable bonds is 4. The van der Waals surface area contributed by atoms with E-state index in [4.69, 9.17) is 40.1 Å². The lowest BCUT2D eigenvalue weighted by atomic mass is 10.1. The molecular formula is C17H18Cl2N4O3. The third kappa shape index (κ3) is 8.36. The third-order valence-corrected chi connectivity index (χ3v) is 3.61. The summed E-state index contributed by atoms with van der Waals surface area (Å²) in [4.78, 5) is 21.5. The summed E-state index contributed by atoms with van der Waals surface area (Å²) < 4.78 is 4.57. The summed E-state index contributed by atoms with van der Waals surface area (Å²) in [5.41, 5.74) is 11.3. The molecule has 6 N–H and O–H groups in total. The van der Waals surface area contributed by atoms with Crippen LogP contribution < -0.4 is 16.8 Å². The first kappa shape index (κ1) is 21.3. The van der Waals surface area contributed by atoms with Gasteiger partial charge >= 0.3 is 6.09 Å². The normalized spacial score (nSPS) is 9.46. The molecule has 0 spiro atoms. The maximum Gasteiger partial charge on any atom is 0.404 e. The van der Waals surface area contributed by atoms with Gasteiger partial charge in [0.25, 0.3) is 0 Å². The van der Waals surface area contributed by atoms with Crippen molar-refractivity contribution in [3.63, 3.8) is 0 Å². The topological polar surface area (TPSA) is 131 Å². The predicted octanol–water partition coefficient (Wildman–Crippen LogP) is 2.83. The number of nitrogens with two attached hydrogens (primary N) is 2. The van der Waals surface area contributed by atoms with Gasteiger partial charge in [-0.15, -0.1) is 0 Å². The minimum atomic E-state index is -0.742. The highest BCUT2D eigenvalue weighted by Gasteiger charge is 2.10. The van der Waals surface area contributed by atoms with Crippen molar-refractivity contribution in [2.24, 2.45) is 11.5 Å². The number of guanidine groups is 1. The average Bonchev–Trinajstić information content (AvgIpc) is 2.57. The first-order chi connectivity index (χ1) is 12.3. The predicted molar refractivity (Wildman–Crippen MR) is 101 cm³/mol. The molecule has 26 heavy (non-hydrogen) atoms. The molecule has 0 aromatic heterocycles. The van der Waals surface area contributed by atoms with Crippen molar-refractivity contribution >= 4 is 41.2 Å². The number of carbonyl (C=O) groups excluding carboxylic acids is 2. The first-order valence-corrected chi connectivity index (χ1v) is 8.08. The minimum absolute atomic E-state index is 0.00190. The molecule has 0 fully saturated rings. The smallest absolute Gasteiger partial charge is 0.404 e. The Morgan fingerprint density at radius 1 is 1.00 bits per heavy atom. The van der Waals surface area contributed by atoms with E-state index >= 15 is 0 Å². The second-order valence-electron chi connectivity index (χ2n) is 4.93. The Balaban J connectivity index is 0.000000273. The van der Waals surface area contributed by atoms with E-state index < -0.39 is 18.0 Å². The van der Waals surface area contributed by atoms with Gasteiger partial charge in [0.15, 0.2) is 5.96 Å². The number of nitrogens with one attached hydrogen (secondary N) is 2. The molecule has 2 aromatic rings. The van der Waals surface area contributed by atoms with Gasteiger partial charge in [-0.1, -0.05) is 59.6 Å². The van der Waals surface area contributed by atoms with E-state index in [9.17, 15) is 9.59 Å². The molecule has 9 heteroatoms. The number of carbonyl (C=O) groups is 2. The van der Waals surface area contributed by atoms with Crippen molar-refractivity contribution in [2.75, 3.05) is 0 Å². The van der Waals surface area contributed by atoms with Gasteiger partial charge in [-0.25, -0.2) is 4.79 Å². The molecule has 0 unspecified atom stereocenters. The number of benzene rings is 2. The lowest BCUT2D eigenvalue weighted by Gasteiger charge is -2.06. The second kappa shape index (κ2) is 11.0. The zero-order valence-electron chi connectivity index (χ0n) is 13.7. The van der Waals surface area contributed by atoms with Gasteiger partial charge in [0, 0.05) is 10.0 Å². The van der Waals surface area contributed by atoms with E-state index in [2.05, 4.69) is 10.1 Å². The summed E-state index contributed by atoms with van der Waals surface area (Å²) in [5.74, 6) is -0.819. The molecule has 0 atom stereocenters. The molecule has 0 radical (unpaired) electrons. The first-order valence-electron chi connectivity index (χ1n) is 7.32. The van der Waals surface area contributed by atoms with Crippen LogP contribution in [0.5, 0.6) is 0 Å². The number of amides is 2. The van der Waals surface area contributed by atoms with Crippen molar-refractivity contribution in [3.05, 3.63) is 69.7 Å². The van der Waals surface area contributed by atoms with Gasteiger partial charge in [0.05, 0.1) is 6.42 Å². The van der Waals surface area contributed by atoms with Crippen molar-refractivity contribution in [2.45, 2.75) is 13.0 Å². The molecule has 2 aromatic carbocycles. The largest absolute Gasteiger partial charge is 0.445 e. The van der Waals surface area contributed by atoms with Crippen molar-refractivity contribution < 1.29 is 14.3 Å². The molecule has 0 aliphatic rings. The van der Waals surface area contributed by atoms with Gasteiger partial charge in [-0.2, -0.15) is 0 Å². The standard InChI is InChI=1S/C9H9Cl2N3O.C8H9NO2/c10-6-2-1-3-7(11)5(6)4-8(15)14-9(12)13;9-8(10)11-6-7-4-2-1-3-5-7/h1-3H,4H2,(H4,12,13,14,15);1-5H,6H2,(H2,9,10). The van der Waals surface area contributed by atoms with E-state index in [0.717, 1.165) is 5.56 Å². The molecule has 2 rings (SSSR count). The van der Waals surface area contributed by atoms with E-state index in [1.54, 1.807) is 18.2 Å². The van der Waals surface area contributed by atoms with E-state index in [0.29, 0.717) is 15.6 Å².